The third-order valence-electron chi connectivity index (χ3n) is 4.32. The molecule has 0 aliphatic carbocycles. The lowest BCUT2D eigenvalue weighted by molar-refractivity contribution is 0.0698. The van der Waals surface area contributed by atoms with Crippen molar-refractivity contribution in [1.29, 1.82) is 0 Å². The quantitative estimate of drug-likeness (QED) is 0.889. The molecule has 3 rings (SSSR count). The molecule has 6 nitrogen and oxygen atoms in total. The van der Waals surface area contributed by atoms with Gasteiger partial charge in [0.15, 0.2) is 0 Å². The zero-order chi connectivity index (χ0) is 15.5. The molecule has 0 aromatic carbocycles. The van der Waals surface area contributed by atoms with Crippen LogP contribution < -0.4 is 10.1 Å². The minimum absolute atomic E-state index is 0.0647. The maximum Gasteiger partial charge on any atom is 0.256 e. The van der Waals surface area contributed by atoms with E-state index in [0.717, 1.165) is 37.3 Å². The van der Waals surface area contributed by atoms with Gasteiger partial charge >= 0.3 is 0 Å². The van der Waals surface area contributed by atoms with Crippen molar-refractivity contribution in [3.63, 3.8) is 0 Å². The van der Waals surface area contributed by atoms with Gasteiger partial charge in [-0.05, 0) is 25.8 Å². The van der Waals surface area contributed by atoms with Crippen molar-refractivity contribution in [2.45, 2.75) is 38.9 Å². The molecule has 1 saturated heterocycles. The molecule has 0 saturated carbocycles. The monoisotopic (exact) mass is 305 g/mol. The van der Waals surface area contributed by atoms with Crippen LogP contribution in [0.5, 0.6) is 5.88 Å². The summed E-state index contributed by atoms with van der Waals surface area (Å²) in [7, 11) is 1.62. The Kier molecular flexibility index (Phi) is 4.59. The molecule has 0 radical (unpaired) electrons. The summed E-state index contributed by atoms with van der Waals surface area (Å²) in [5.74, 6) is 0.670. The highest BCUT2D eigenvalue weighted by atomic mass is 16.5. The van der Waals surface area contributed by atoms with Gasteiger partial charge in [0.05, 0.1) is 31.5 Å². The van der Waals surface area contributed by atoms with Crippen LogP contribution in [0.4, 0.5) is 0 Å². The molecule has 22 heavy (non-hydrogen) atoms. The molecule has 1 unspecified atom stereocenters. The van der Waals surface area contributed by atoms with Crippen LogP contribution in [0.1, 0.15) is 41.4 Å². The van der Waals surface area contributed by atoms with Gasteiger partial charge in [0.2, 0.25) is 5.88 Å². The van der Waals surface area contributed by atoms with Crippen molar-refractivity contribution in [2.75, 3.05) is 26.9 Å². The highest BCUT2D eigenvalue weighted by molar-refractivity contribution is 5.98. The average Bonchev–Trinajstić information content (AvgIpc) is 2.88. The van der Waals surface area contributed by atoms with Crippen LogP contribution in [0, 0.1) is 0 Å². The van der Waals surface area contributed by atoms with Crippen LogP contribution in [0.2, 0.25) is 0 Å². The highest BCUT2D eigenvalue weighted by Crippen LogP contribution is 2.27. The molecular weight excluding hydrogens is 282 g/mol. The van der Waals surface area contributed by atoms with E-state index in [1.54, 1.807) is 12.0 Å². The van der Waals surface area contributed by atoms with Gasteiger partial charge in [-0.25, -0.2) is 4.98 Å². The van der Waals surface area contributed by atoms with E-state index < -0.39 is 0 Å². The molecule has 1 aromatic heterocycles. The fourth-order valence-corrected chi connectivity index (χ4v) is 3.02. The van der Waals surface area contributed by atoms with Crippen LogP contribution in [-0.2, 0) is 17.8 Å². The number of pyridine rings is 1. The molecule has 2 aliphatic rings. The number of nitrogens with one attached hydrogen (secondary N) is 1. The summed E-state index contributed by atoms with van der Waals surface area (Å²) in [4.78, 5) is 18.6. The SMILES string of the molecule is CCN1Cc2nc(OC)c(CNC3CCCOC3)cc2C1=O. The van der Waals surface area contributed by atoms with Gasteiger partial charge in [-0.1, -0.05) is 0 Å². The van der Waals surface area contributed by atoms with Gasteiger partial charge < -0.3 is 19.7 Å². The van der Waals surface area contributed by atoms with Gasteiger partial charge in [0.1, 0.15) is 0 Å². The Balaban J connectivity index is 1.76. The van der Waals surface area contributed by atoms with Crippen molar-refractivity contribution in [1.82, 2.24) is 15.2 Å². The molecule has 1 aromatic rings. The number of carbonyl (C=O) groups excluding carboxylic acids is 1. The molecule has 0 spiro atoms. The first kappa shape index (κ1) is 15.2. The number of fused-ring (bicyclic) bond motifs is 1. The van der Waals surface area contributed by atoms with Crippen LogP contribution in [0.15, 0.2) is 6.07 Å². The number of amides is 1. The molecule has 1 amide bonds. The standard InChI is InChI=1S/C16H23N3O3/c1-3-19-9-14-13(16(19)20)7-11(15(18-14)21-2)8-17-12-5-4-6-22-10-12/h7,12,17H,3-6,8-10H2,1-2H3. The first-order valence-electron chi connectivity index (χ1n) is 7.90. The Morgan fingerprint density at radius 1 is 1.55 bits per heavy atom. The second-order valence-electron chi connectivity index (χ2n) is 5.77. The first-order chi connectivity index (χ1) is 10.7. The molecule has 1 N–H and O–H groups in total. The molecule has 1 atom stereocenters. The summed E-state index contributed by atoms with van der Waals surface area (Å²) >= 11 is 0. The molecule has 1 fully saturated rings. The zero-order valence-electron chi connectivity index (χ0n) is 13.2. The smallest absolute Gasteiger partial charge is 0.256 e. The van der Waals surface area contributed by atoms with Crippen molar-refractivity contribution in [3.8, 4) is 5.88 Å². The summed E-state index contributed by atoms with van der Waals surface area (Å²) in [6, 6.07) is 2.28. The summed E-state index contributed by atoms with van der Waals surface area (Å²) in [5, 5.41) is 3.47. The number of ether oxygens (including phenoxy) is 2. The lowest BCUT2D eigenvalue weighted by atomic mass is 10.1. The summed E-state index contributed by atoms with van der Waals surface area (Å²) < 4.78 is 10.9. The molecule has 0 bridgehead atoms. The topological polar surface area (TPSA) is 63.7 Å². The van der Waals surface area contributed by atoms with Crippen molar-refractivity contribution >= 4 is 5.91 Å². The normalized spacial score (nSPS) is 21.1. The van der Waals surface area contributed by atoms with E-state index in [4.69, 9.17) is 9.47 Å². The van der Waals surface area contributed by atoms with Gasteiger partial charge in [-0.2, -0.15) is 0 Å². The minimum atomic E-state index is 0.0647. The fraction of sp³-hybridized carbons (Fsp3) is 0.625. The Labute approximate surface area is 130 Å². The lowest BCUT2D eigenvalue weighted by Crippen LogP contribution is -2.36. The third-order valence-corrected chi connectivity index (χ3v) is 4.32. The van der Waals surface area contributed by atoms with Gasteiger partial charge in [-0.15, -0.1) is 0 Å². The number of nitrogens with zero attached hydrogens (tertiary/aromatic N) is 2. The van der Waals surface area contributed by atoms with Gasteiger partial charge in [0.25, 0.3) is 5.91 Å². The second-order valence-corrected chi connectivity index (χ2v) is 5.77. The predicted molar refractivity (Wildman–Crippen MR) is 81.9 cm³/mol. The number of aromatic nitrogens is 1. The van der Waals surface area contributed by atoms with E-state index in [1.165, 1.54) is 0 Å². The Morgan fingerprint density at radius 2 is 2.41 bits per heavy atom. The summed E-state index contributed by atoms with van der Waals surface area (Å²) in [6.45, 7) is 5.48. The van der Waals surface area contributed by atoms with Crippen molar-refractivity contribution in [2.24, 2.45) is 0 Å². The molecular formula is C16H23N3O3. The first-order valence-corrected chi connectivity index (χ1v) is 7.90. The predicted octanol–water partition coefficient (Wildman–Crippen LogP) is 1.33. The number of methoxy groups -OCH3 is 1. The summed E-state index contributed by atoms with van der Waals surface area (Å²) in [5.41, 5.74) is 2.45. The fourth-order valence-electron chi connectivity index (χ4n) is 3.02. The largest absolute Gasteiger partial charge is 0.481 e. The van der Waals surface area contributed by atoms with Crippen LogP contribution >= 0.6 is 0 Å². The Hall–Kier alpha value is -1.66. The minimum Gasteiger partial charge on any atom is -0.481 e. The van der Waals surface area contributed by atoms with E-state index in [9.17, 15) is 4.79 Å². The number of hydrogen-bond donors (Lipinski definition) is 1. The second kappa shape index (κ2) is 6.62. The van der Waals surface area contributed by atoms with Gasteiger partial charge in [0, 0.05) is 31.3 Å². The Morgan fingerprint density at radius 3 is 3.09 bits per heavy atom. The average molecular weight is 305 g/mol. The van der Waals surface area contributed by atoms with Crippen LogP contribution in [0.25, 0.3) is 0 Å². The molecule has 6 heteroatoms. The number of rotatable bonds is 5. The highest BCUT2D eigenvalue weighted by Gasteiger charge is 2.29. The van der Waals surface area contributed by atoms with Gasteiger partial charge in [-0.3, -0.25) is 4.79 Å². The van der Waals surface area contributed by atoms with E-state index >= 15 is 0 Å². The van der Waals surface area contributed by atoms with E-state index in [0.29, 0.717) is 37.1 Å². The number of carbonyl (C=O) groups is 1. The lowest BCUT2D eigenvalue weighted by Gasteiger charge is -2.23. The van der Waals surface area contributed by atoms with E-state index in [-0.39, 0.29) is 5.91 Å². The van der Waals surface area contributed by atoms with E-state index in [2.05, 4.69) is 10.3 Å². The van der Waals surface area contributed by atoms with Crippen molar-refractivity contribution < 1.29 is 14.3 Å². The van der Waals surface area contributed by atoms with Crippen molar-refractivity contribution in [3.05, 3.63) is 22.9 Å². The van der Waals surface area contributed by atoms with Crippen LogP contribution in [0.3, 0.4) is 0 Å². The third kappa shape index (κ3) is 2.94. The molecule has 3 heterocycles. The maximum absolute atomic E-state index is 12.3. The maximum atomic E-state index is 12.3. The zero-order valence-corrected chi connectivity index (χ0v) is 13.2. The number of hydrogen-bond acceptors (Lipinski definition) is 5. The summed E-state index contributed by atoms with van der Waals surface area (Å²) in [6.07, 6.45) is 2.20. The molecule has 2 aliphatic heterocycles. The van der Waals surface area contributed by atoms with E-state index in [1.807, 2.05) is 13.0 Å². The Bertz CT molecular complexity index is 556. The molecule has 120 valence electrons. The van der Waals surface area contributed by atoms with Crippen LogP contribution in [-0.4, -0.2) is 48.7 Å².